The molecule has 192 valence electrons. The van der Waals surface area contributed by atoms with Crippen LogP contribution in [-0.2, 0) is 19.6 Å². The Hall–Kier alpha value is -1.95. The lowest BCUT2D eigenvalue weighted by molar-refractivity contribution is -0.122. The maximum Gasteiger partial charge on any atom is 0.247 e. The fourth-order valence-corrected chi connectivity index (χ4v) is 7.72. The van der Waals surface area contributed by atoms with Crippen molar-refractivity contribution in [1.29, 1.82) is 0 Å². The van der Waals surface area contributed by atoms with Gasteiger partial charge in [-0.3, -0.25) is 9.69 Å². The number of anilines is 1. The molecule has 1 amide bonds. The summed E-state index contributed by atoms with van der Waals surface area (Å²) in [5.41, 5.74) is 0.562. The Morgan fingerprint density at radius 3 is 2.67 bits per heavy atom. The Morgan fingerprint density at radius 1 is 1.19 bits per heavy atom. The molecule has 2 atom stereocenters. The number of rotatable bonds is 7. The van der Waals surface area contributed by atoms with Crippen molar-refractivity contribution in [2.24, 2.45) is 0 Å². The van der Waals surface area contributed by atoms with Crippen molar-refractivity contribution in [3.05, 3.63) is 46.4 Å². The number of hydrogen-bond acceptors (Lipinski definition) is 7. The molecule has 0 N–H and O–H groups in total. The molecule has 1 aromatic heterocycles. The fourth-order valence-electron chi connectivity index (χ4n) is 4.67. The van der Waals surface area contributed by atoms with Crippen LogP contribution in [0.25, 0.3) is 10.2 Å². The van der Waals surface area contributed by atoms with E-state index >= 15 is 0 Å². The molecule has 3 heterocycles. The minimum atomic E-state index is -3.90. The Morgan fingerprint density at radius 2 is 1.97 bits per heavy atom. The Kier molecular flexibility index (Phi) is 7.44. The lowest BCUT2D eigenvalue weighted by Gasteiger charge is -2.29. The first-order valence-corrected chi connectivity index (χ1v) is 14.6. The van der Waals surface area contributed by atoms with Crippen LogP contribution in [0.15, 0.2) is 41.3 Å². The minimum Gasteiger partial charge on any atom is -0.494 e. The van der Waals surface area contributed by atoms with Crippen LogP contribution in [0.3, 0.4) is 0 Å². The summed E-state index contributed by atoms with van der Waals surface area (Å²) in [6.07, 6.45) is 2.57. The standard InChI is InChI=1S/C24H25Cl2N3O5S2/c1-33-20-11-10-18(26)22-21(20)27-24(35-22)28(14-16-4-3-13-34-16)23(30)19-5-2-12-29(19)36(31,32)17-8-6-15(25)7-9-17/h6-11,16,19H,2-5,12-14H2,1H3. The molecular weight excluding hydrogens is 545 g/mol. The predicted octanol–water partition coefficient (Wildman–Crippen LogP) is 4.98. The number of ether oxygens (including phenoxy) is 2. The molecule has 0 saturated carbocycles. The minimum absolute atomic E-state index is 0.105. The lowest BCUT2D eigenvalue weighted by Crippen LogP contribution is -2.49. The van der Waals surface area contributed by atoms with E-state index in [9.17, 15) is 13.2 Å². The summed E-state index contributed by atoms with van der Waals surface area (Å²) in [6, 6.07) is 8.60. The van der Waals surface area contributed by atoms with E-state index in [1.54, 1.807) is 24.1 Å². The van der Waals surface area contributed by atoms with Gasteiger partial charge in [-0.15, -0.1) is 0 Å². The smallest absolute Gasteiger partial charge is 0.247 e. The molecule has 0 aliphatic carbocycles. The third-order valence-corrected chi connectivity index (χ3v) is 10.2. The summed E-state index contributed by atoms with van der Waals surface area (Å²) in [5.74, 6) is 0.226. The van der Waals surface area contributed by atoms with E-state index in [1.807, 2.05) is 0 Å². The Balaban J connectivity index is 1.52. The second-order valence-corrected chi connectivity index (χ2v) is 12.4. The first kappa shape index (κ1) is 25.7. The van der Waals surface area contributed by atoms with Crippen LogP contribution >= 0.6 is 34.5 Å². The largest absolute Gasteiger partial charge is 0.494 e. The number of methoxy groups -OCH3 is 1. The summed E-state index contributed by atoms with van der Waals surface area (Å²) in [4.78, 5) is 20.4. The zero-order chi connectivity index (χ0) is 25.4. The van der Waals surface area contributed by atoms with Gasteiger partial charge in [0.25, 0.3) is 0 Å². The number of carbonyl (C=O) groups excluding carboxylic acids is 1. The SMILES string of the molecule is COc1ccc(Cl)c2sc(N(CC3CCCO3)C(=O)C3CCCN3S(=O)(=O)c3ccc(Cl)cc3)nc12. The van der Waals surface area contributed by atoms with Gasteiger partial charge in [-0.1, -0.05) is 34.5 Å². The number of sulfonamides is 1. The second-order valence-electron chi connectivity index (χ2n) is 8.74. The van der Waals surface area contributed by atoms with Gasteiger partial charge in [-0.05, 0) is 62.1 Å². The fraction of sp³-hybridized carbons (Fsp3) is 0.417. The van der Waals surface area contributed by atoms with Gasteiger partial charge in [0.1, 0.15) is 17.3 Å². The number of halogens is 2. The van der Waals surface area contributed by atoms with Crippen LogP contribution < -0.4 is 9.64 Å². The van der Waals surface area contributed by atoms with E-state index in [-0.39, 0.29) is 30.0 Å². The molecule has 8 nitrogen and oxygen atoms in total. The Labute approximate surface area is 223 Å². The summed E-state index contributed by atoms with van der Waals surface area (Å²) < 4.78 is 40.2. The Bertz CT molecular complexity index is 1370. The summed E-state index contributed by atoms with van der Waals surface area (Å²) in [6.45, 7) is 1.17. The normalized spacial score (nSPS) is 20.8. The van der Waals surface area contributed by atoms with Crippen LogP contribution in [0.2, 0.25) is 10.0 Å². The number of carbonyl (C=O) groups is 1. The quantitative estimate of drug-likeness (QED) is 0.398. The summed E-state index contributed by atoms with van der Waals surface area (Å²) in [5, 5.41) is 1.38. The lowest BCUT2D eigenvalue weighted by atomic mass is 10.2. The number of benzene rings is 2. The topological polar surface area (TPSA) is 89.0 Å². The van der Waals surface area contributed by atoms with E-state index < -0.39 is 16.1 Å². The van der Waals surface area contributed by atoms with Gasteiger partial charge in [0.2, 0.25) is 15.9 Å². The molecular formula is C24H25Cl2N3O5S2. The van der Waals surface area contributed by atoms with Gasteiger partial charge in [0, 0.05) is 18.2 Å². The van der Waals surface area contributed by atoms with Crippen molar-refractivity contribution < 1.29 is 22.7 Å². The van der Waals surface area contributed by atoms with Crippen molar-refractivity contribution in [2.45, 2.75) is 42.7 Å². The van der Waals surface area contributed by atoms with Crippen LogP contribution in [0.4, 0.5) is 5.13 Å². The molecule has 0 bridgehead atoms. The number of aromatic nitrogens is 1. The molecule has 5 rings (SSSR count). The van der Waals surface area contributed by atoms with E-state index in [4.69, 9.17) is 37.7 Å². The van der Waals surface area contributed by atoms with Gasteiger partial charge >= 0.3 is 0 Å². The zero-order valence-electron chi connectivity index (χ0n) is 19.5. The molecule has 3 aromatic rings. The number of fused-ring (bicyclic) bond motifs is 1. The molecule has 2 saturated heterocycles. The monoisotopic (exact) mass is 569 g/mol. The van der Waals surface area contributed by atoms with Gasteiger partial charge in [0.15, 0.2) is 5.13 Å². The molecule has 2 unspecified atom stereocenters. The highest BCUT2D eigenvalue weighted by molar-refractivity contribution is 7.89. The highest BCUT2D eigenvalue weighted by Gasteiger charge is 2.42. The van der Waals surface area contributed by atoms with Crippen molar-refractivity contribution in [3.63, 3.8) is 0 Å². The number of amides is 1. The van der Waals surface area contributed by atoms with E-state index in [1.165, 1.54) is 39.9 Å². The van der Waals surface area contributed by atoms with Gasteiger partial charge in [-0.2, -0.15) is 4.31 Å². The van der Waals surface area contributed by atoms with Gasteiger partial charge in [-0.25, -0.2) is 13.4 Å². The zero-order valence-corrected chi connectivity index (χ0v) is 22.7. The average molecular weight is 571 g/mol. The van der Waals surface area contributed by atoms with E-state index in [2.05, 4.69) is 0 Å². The molecule has 2 aromatic carbocycles. The van der Waals surface area contributed by atoms with E-state index in [0.29, 0.717) is 50.6 Å². The predicted molar refractivity (Wildman–Crippen MR) is 141 cm³/mol. The molecule has 0 spiro atoms. The number of thiazole rings is 1. The van der Waals surface area contributed by atoms with Crippen molar-refractivity contribution in [2.75, 3.05) is 31.7 Å². The van der Waals surface area contributed by atoms with Crippen LogP contribution in [-0.4, -0.2) is 62.6 Å². The molecule has 0 radical (unpaired) electrons. The maximum atomic E-state index is 14.0. The van der Waals surface area contributed by atoms with E-state index in [0.717, 1.165) is 12.8 Å². The second kappa shape index (κ2) is 10.4. The highest BCUT2D eigenvalue weighted by Crippen LogP contribution is 2.40. The third kappa shape index (κ3) is 4.82. The van der Waals surface area contributed by atoms with Crippen LogP contribution in [0.1, 0.15) is 25.7 Å². The van der Waals surface area contributed by atoms with Gasteiger partial charge < -0.3 is 9.47 Å². The number of hydrogen-bond donors (Lipinski definition) is 0. The van der Waals surface area contributed by atoms with Crippen molar-refractivity contribution in [1.82, 2.24) is 9.29 Å². The number of nitrogens with zero attached hydrogens (tertiary/aromatic N) is 3. The molecule has 12 heteroatoms. The first-order chi connectivity index (χ1) is 17.3. The summed E-state index contributed by atoms with van der Waals surface area (Å²) in [7, 11) is -2.35. The first-order valence-electron chi connectivity index (χ1n) is 11.6. The van der Waals surface area contributed by atoms with Crippen LogP contribution in [0, 0.1) is 0 Å². The third-order valence-electron chi connectivity index (χ3n) is 6.48. The van der Waals surface area contributed by atoms with Crippen LogP contribution in [0.5, 0.6) is 5.75 Å². The molecule has 2 aliphatic rings. The maximum absolute atomic E-state index is 14.0. The van der Waals surface area contributed by atoms with Gasteiger partial charge in [0.05, 0.1) is 34.4 Å². The molecule has 2 aliphatic heterocycles. The average Bonchev–Trinajstić information content (AvgIpc) is 3.64. The van der Waals surface area contributed by atoms with Crippen molar-refractivity contribution >= 4 is 65.8 Å². The highest BCUT2D eigenvalue weighted by atomic mass is 35.5. The molecule has 2 fully saturated rings. The van der Waals surface area contributed by atoms with Crippen molar-refractivity contribution in [3.8, 4) is 5.75 Å². The summed E-state index contributed by atoms with van der Waals surface area (Å²) >= 11 is 13.7. The molecule has 36 heavy (non-hydrogen) atoms.